The van der Waals surface area contributed by atoms with Gasteiger partial charge in [0.2, 0.25) is 0 Å². The summed E-state index contributed by atoms with van der Waals surface area (Å²) < 4.78 is 24.8. The normalized spacial score (nSPS) is 18.1. The third-order valence-corrected chi connectivity index (χ3v) is 4.49. The van der Waals surface area contributed by atoms with Crippen LogP contribution >= 0.6 is 24.0 Å². The van der Waals surface area contributed by atoms with E-state index in [1.807, 2.05) is 19.9 Å². The number of aliphatic imine (C=N–C) groups is 1. The molecule has 0 bridgehead atoms. The Balaban J connectivity index is 0.00000364. The summed E-state index contributed by atoms with van der Waals surface area (Å²) in [6.45, 7) is 10.4. The van der Waals surface area contributed by atoms with E-state index >= 15 is 0 Å². The van der Waals surface area contributed by atoms with Gasteiger partial charge >= 0.3 is 0 Å². The van der Waals surface area contributed by atoms with Crippen LogP contribution in [0.15, 0.2) is 23.2 Å². The van der Waals surface area contributed by atoms with E-state index in [1.54, 1.807) is 19.1 Å². The molecule has 1 heterocycles. The van der Waals surface area contributed by atoms with E-state index in [9.17, 15) is 4.39 Å². The van der Waals surface area contributed by atoms with E-state index in [4.69, 9.17) is 9.47 Å². The molecule has 0 saturated carbocycles. The summed E-state index contributed by atoms with van der Waals surface area (Å²) in [6.07, 6.45) is 1.97. The lowest BCUT2D eigenvalue weighted by molar-refractivity contribution is 0.0893. The Bertz CT molecular complexity index is 580. The molecule has 2 N–H and O–H groups in total. The minimum atomic E-state index is -0.178. The molecular weight excluding hydrogens is 460 g/mol. The molecule has 1 aromatic carbocycles. The molecular formula is C20H33FIN3O2. The fourth-order valence-electron chi connectivity index (χ4n) is 2.81. The van der Waals surface area contributed by atoms with Crippen molar-refractivity contribution in [3.8, 4) is 0 Å². The van der Waals surface area contributed by atoms with Crippen molar-refractivity contribution >= 4 is 29.9 Å². The average molecular weight is 493 g/mol. The predicted molar refractivity (Wildman–Crippen MR) is 118 cm³/mol. The van der Waals surface area contributed by atoms with Crippen LogP contribution in [0, 0.1) is 18.7 Å². The first kappa shape index (κ1) is 24.1. The summed E-state index contributed by atoms with van der Waals surface area (Å²) in [7, 11) is 0. The van der Waals surface area contributed by atoms with E-state index in [1.165, 1.54) is 0 Å². The van der Waals surface area contributed by atoms with Gasteiger partial charge in [-0.15, -0.1) is 24.0 Å². The maximum atomic E-state index is 13.8. The Morgan fingerprint density at radius 1 is 1.44 bits per heavy atom. The molecule has 1 aliphatic rings. The minimum absolute atomic E-state index is 0. The summed E-state index contributed by atoms with van der Waals surface area (Å²) >= 11 is 0. The van der Waals surface area contributed by atoms with Crippen molar-refractivity contribution in [1.82, 2.24) is 10.6 Å². The van der Waals surface area contributed by atoms with Crippen LogP contribution in [0.2, 0.25) is 0 Å². The van der Waals surface area contributed by atoms with Gasteiger partial charge < -0.3 is 20.1 Å². The molecule has 2 rings (SSSR count). The smallest absolute Gasteiger partial charge is 0.191 e. The fourth-order valence-corrected chi connectivity index (χ4v) is 2.81. The highest BCUT2D eigenvalue weighted by Gasteiger charge is 2.15. The summed E-state index contributed by atoms with van der Waals surface area (Å²) in [5.41, 5.74) is 1.56. The molecule has 0 spiro atoms. The van der Waals surface area contributed by atoms with Gasteiger partial charge in [0, 0.05) is 32.2 Å². The molecule has 27 heavy (non-hydrogen) atoms. The number of aryl methyl sites for hydroxylation is 1. The quantitative estimate of drug-likeness (QED) is 0.238. The maximum absolute atomic E-state index is 13.8. The standard InChI is InChI=1S/C20H32FN3O2.HI/c1-4-22-20(23-9-5-10-25-13-17-8-11-26-14-17)24-16(3)18-7-6-15(2)19(21)12-18;/h6-7,12,16-17H,4-5,8-11,13-14H2,1-3H3,(H2,22,23,24);1H. The average Bonchev–Trinajstić information content (AvgIpc) is 3.13. The van der Waals surface area contributed by atoms with Crippen LogP contribution in [0.25, 0.3) is 0 Å². The van der Waals surface area contributed by atoms with E-state index in [-0.39, 0.29) is 35.8 Å². The third kappa shape index (κ3) is 8.74. The summed E-state index contributed by atoms with van der Waals surface area (Å²) in [5.74, 6) is 1.11. The van der Waals surface area contributed by atoms with E-state index in [2.05, 4.69) is 15.6 Å². The predicted octanol–water partition coefficient (Wildman–Crippen LogP) is 3.81. The van der Waals surface area contributed by atoms with Crippen molar-refractivity contribution in [2.24, 2.45) is 10.9 Å². The Kier molecular flexibility index (Phi) is 11.9. The number of rotatable bonds is 9. The zero-order valence-corrected chi connectivity index (χ0v) is 18.9. The zero-order valence-electron chi connectivity index (χ0n) is 16.6. The molecule has 154 valence electrons. The zero-order chi connectivity index (χ0) is 18.8. The Morgan fingerprint density at radius 2 is 2.26 bits per heavy atom. The van der Waals surface area contributed by atoms with Gasteiger partial charge in [0.05, 0.1) is 19.3 Å². The summed E-state index contributed by atoms with van der Waals surface area (Å²) in [5, 5.41) is 6.56. The van der Waals surface area contributed by atoms with Crippen LogP contribution in [0.1, 0.15) is 43.9 Å². The molecule has 0 aliphatic carbocycles. The number of benzene rings is 1. The van der Waals surface area contributed by atoms with Crippen molar-refractivity contribution in [1.29, 1.82) is 0 Å². The first-order valence-corrected chi connectivity index (χ1v) is 9.56. The van der Waals surface area contributed by atoms with E-state index in [0.717, 1.165) is 50.7 Å². The van der Waals surface area contributed by atoms with Gasteiger partial charge in [0.1, 0.15) is 5.82 Å². The third-order valence-electron chi connectivity index (χ3n) is 4.49. The number of halogens is 2. The second kappa shape index (κ2) is 13.3. The molecule has 2 unspecified atom stereocenters. The van der Waals surface area contributed by atoms with E-state index in [0.29, 0.717) is 24.6 Å². The van der Waals surface area contributed by atoms with Crippen molar-refractivity contribution < 1.29 is 13.9 Å². The van der Waals surface area contributed by atoms with Gasteiger partial charge in [-0.25, -0.2) is 4.39 Å². The van der Waals surface area contributed by atoms with Crippen molar-refractivity contribution in [2.45, 2.75) is 39.7 Å². The second-order valence-corrected chi connectivity index (χ2v) is 6.79. The molecule has 0 amide bonds. The number of guanidine groups is 1. The van der Waals surface area contributed by atoms with Crippen LogP contribution < -0.4 is 10.6 Å². The number of nitrogens with one attached hydrogen (secondary N) is 2. The van der Waals surface area contributed by atoms with Gasteiger partial charge in [-0.1, -0.05) is 12.1 Å². The summed E-state index contributed by atoms with van der Waals surface area (Å²) in [4.78, 5) is 4.58. The van der Waals surface area contributed by atoms with Crippen LogP contribution in [0.4, 0.5) is 4.39 Å². The first-order valence-electron chi connectivity index (χ1n) is 9.56. The second-order valence-electron chi connectivity index (χ2n) is 6.79. The Hall–Kier alpha value is -0.930. The highest BCUT2D eigenvalue weighted by molar-refractivity contribution is 14.0. The van der Waals surface area contributed by atoms with Crippen LogP contribution in [0.3, 0.4) is 0 Å². The first-order chi connectivity index (χ1) is 12.6. The molecule has 1 fully saturated rings. The molecule has 2 atom stereocenters. The fraction of sp³-hybridized carbons (Fsp3) is 0.650. The largest absolute Gasteiger partial charge is 0.381 e. The molecule has 1 aromatic rings. The highest BCUT2D eigenvalue weighted by atomic mass is 127. The van der Waals surface area contributed by atoms with Gasteiger partial charge in [-0.05, 0) is 50.8 Å². The van der Waals surface area contributed by atoms with Crippen molar-refractivity contribution in [2.75, 3.05) is 39.5 Å². The van der Waals surface area contributed by atoms with Crippen LogP contribution in [0.5, 0.6) is 0 Å². The van der Waals surface area contributed by atoms with Crippen LogP contribution in [-0.4, -0.2) is 45.5 Å². The highest BCUT2D eigenvalue weighted by Crippen LogP contribution is 2.16. The molecule has 5 nitrogen and oxygen atoms in total. The number of hydrogen-bond acceptors (Lipinski definition) is 3. The molecule has 7 heteroatoms. The number of nitrogens with zero attached hydrogens (tertiary/aromatic N) is 1. The lowest BCUT2D eigenvalue weighted by Crippen LogP contribution is -2.38. The number of ether oxygens (including phenoxy) is 2. The lowest BCUT2D eigenvalue weighted by Gasteiger charge is -2.18. The van der Waals surface area contributed by atoms with Gasteiger partial charge in [-0.2, -0.15) is 0 Å². The summed E-state index contributed by atoms with van der Waals surface area (Å²) in [6, 6.07) is 5.30. The Morgan fingerprint density at radius 3 is 2.93 bits per heavy atom. The van der Waals surface area contributed by atoms with Gasteiger partial charge in [0.15, 0.2) is 5.96 Å². The molecule has 1 aliphatic heterocycles. The van der Waals surface area contributed by atoms with Crippen LogP contribution in [-0.2, 0) is 9.47 Å². The van der Waals surface area contributed by atoms with Crippen molar-refractivity contribution in [3.63, 3.8) is 0 Å². The Labute approximate surface area is 179 Å². The SMILES string of the molecule is CCNC(=NCCCOCC1CCOC1)NC(C)c1ccc(C)c(F)c1.I. The lowest BCUT2D eigenvalue weighted by atomic mass is 10.1. The topological polar surface area (TPSA) is 54.9 Å². The monoisotopic (exact) mass is 493 g/mol. The molecule has 0 radical (unpaired) electrons. The molecule has 0 aromatic heterocycles. The maximum Gasteiger partial charge on any atom is 0.191 e. The number of hydrogen-bond donors (Lipinski definition) is 2. The molecule has 1 saturated heterocycles. The minimum Gasteiger partial charge on any atom is -0.381 e. The van der Waals surface area contributed by atoms with Gasteiger partial charge in [-0.3, -0.25) is 4.99 Å². The van der Waals surface area contributed by atoms with Crippen molar-refractivity contribution in [3.05, 3.63) is 35.1 Å². The van der Waals surface area contributed by atoms with Gasteiger partial charge in [0.25, 0.3) is 0 Å². The van der Waals surface area contributed by atoms with E-state index < -0.39 is 0 Å².